The summed E-state index contributed by atoms with van der Waals surface area (Å²) in [6.07, 6.45) is 1.77. The lowest BCUT2D eigenvalue weighted by atomic mass is 10.1. The number of carbonyl (C=O) groups is 2. The molecular formula is C13H15N3O5. The van der Waals surface area contributed by atoms with E-state index >= 15 is 0 Å². The minimum atomic E-state index is -1.05. The monoisotopic (exact) mass is 293 g/mol. The Balaban J connectivity index is 2.29. The highest BCUT2D eigenvalue weighted by molar-refractivity contribution is 5.99. The van der Waals surface area contributed by atoms with Crippen LogP contribution in [0.4, 0.5) is 11.4 Å². The molecule has 21 heavy (non-hydrogen) atoms. The van der Waals surface area contributed by atoms with Crippen LogP contribution in [0.1, 0.15) is 23.2 Å². The van der Waals surface area contributed by atoms with Crippen LogP contribution in [0.15, 0.2) is 18.2 Å². The molecule has 8 nitrogen and oxygen atoms in total. The van der Waals surface area contributed by atoms with Gasteiger partial charge < -0.3 is 15.3 Å². The average Bonchev–Trinajstić information content (AvgIpc) is 2.98. The van der Waals surface area contributed by atoms with Gasteiger partial charge in [-0.3, -0.25) is 19.7 Å². The van der Waals surface area contributed by atoms with Gasteiger partial charge in [0, 0.05) is 24.8 Å². The number of nitro groups is 1. The molecule has 1 heterocycles. The summed E-state index contributed by atoms with van der Waals surface area (Å²) >= 11 is 0. The normalized spacial score (nSPS) is 14.0. The van der Waals surface area contributed by atoms with E-state index in [1.165, 1.54) is 18.2 Å². The van der Waals surface area contributed by atoms with Crippen molar-refractivity contribution in [3.8, 4) is 0 Å². The second-order valence-electron chi connectivity index (χ2n) is 4.74. The summed E-state index contributed by atoms with van der Waals surface area (Å²) in [4.78, 5) is 34.9. The van der Waals surface area contributed by atoms with Crippen LogP contribution < -0.4 is 5.32 Å². The number of hydrogen-bond acceptors (Lipinski definition) is 5. The van der Waals surface area contributed by atoms with Crippen molar-refractivity contribution in [3.63, 3.8) is 0 Å². The molecule has 1 fully saturated rings. The van der Waals surface area contributed by atoms with E-state index < -0.39 is 16.8 Å². The third-order valence-corrected chi connectivity index (χ3v) is 3.26. The lowest BCUT2D eigenvalue weighted by molar-refractivity contribution is -0.385. The summed E-state index contributed by atoms with van der Waals surface area (Å²) in [5.41, 5.74) is 0.0793. The molecule has 1 saturated heterocycles. The Kier molecular flexibility index (Phi) is 4.36. The van der Waals surface area contributed by atoms with E-state index in [9.17, 15) is 19.7 Å². The first-order chi connectivity index (χ1) is 9.99. The Bertz CT molecular complexity index is 581. The van der Waals surface area contributed by atoms with E-state index in [-0.39, 0.29) is 17.8 Å². The molecule has 1 aliphatic heterocycles. The molecule has 0 atom stereocenters. The fourth-order valence-corrected chi connectivity index (χ4v) is 2.24. The maximum Gasteiger partial charge on any atom is 0.322 e. The van der Waals surface area contributed by atoms with Gasteiger partial charge in [0.1, 0.15) is 12.1 Å². The van der Waals surface area contributed by atoms with Gasteiger partial charge in [0.05, 0.1) is 4.92 Å². The second-order valence-corrected chi connectivity index (χ2v) is 4.74. The van der Waals surface area contributed by atoms with Crippen LogP contribution >= 0.6 is 0 Å². The van der Waals surface area contributed by atoms with Crippen molar-refractivity contribution < 1.29 is 19.6 Å². The lowest BCUT2D eigenvalue weighted by Crippen LogP contribution is -2.28. The lowest BCUT2D eigenvalue weighted by Gasteiger charge is -2.16. The molecular weight excluding hydrogens is 278 g/mol. The number of anilines is 1. The summed E-state index contributed by atoms with van der Waals surface area (Å²) in [5, 5.41) is 22.3. The molecule has 0 unspecified atom stereocenters. The molecule has 0 aliphatic carbocycles. The van der Waals surface area contributed by atoms with Crippen LogP contribution in [0.25, 0.3) is 0 Å². The van der Waals surface area contributed by atoms with Crippen LogP contribution in [0.3, 0.4) is 0 Å². The van der Waals surface area contributed by atoms with Gasteiger partial charge in [-0.2, -0.15) is 0 Å². The van der Waals surface area contributed by atoms with Gasteiger partial charge in [0.25, 0.3) is 11.6 Å². The van der Waals surface area contributed by atoms with Crippen molar-refractivity contribution in [2.24, 2.45) is 0 Å². The van der Waals surface area contributed by atoms with E-state index in [1.54, 1.807) is 4.90 Å². The maximum atomic E-state index is 12.3. The van der Waals surface area contributed by atoms with E-state index in [1.807, 2.05) is 0 Å². The number of carboxylic acid groups (broad SMARTS) is 1. The molecule has 0 spiro atoms. The molecule has 0 bridgehead atoms. The number of amides is 1. The molecule has 2 rings (SSSR count). The largest absolute Gasteiger partial charge is 0.480 e. The SMILES string of the molecule is O=C(O)CNc1ccc([N+](=O)[O-])c(C(=O)N2CCCC2)c1. The highest BCUT2D eigenvalue weighted by Gasteiger charge is 2.26. The fraction of sp³-hybridized carbons (Fsp3) is 0.385. The summed E-state index contributed by atoms with van der Waals surface area (Å²) in [6, 6.07) is 3.94. The number of benzene rings is 1. The van der Waals surface area contributed by atoms with E-state index in [2.05, 4.69) is 5.32 Å². The third kappa shape index (κ3) is 3.47. The predicted molar refractivity (Wildman–Crippen MR) is 74.4 cm³/mol. The maximum absolute atomic E-state index is 12.3. The summed E-state index contributed by atoms with van der Waals surface area (Å²) in [5.74, 6) is -1.45. The van der Waals surface area contributed by atoms with Gasteiger partial charge in [-0.1, -0.05) is 0 Å². The first-order valence-electron chi connectivity index (χ1n) is 6.52. The van der Waals surface area contributed by atoms with Crippen molar-refractivity contribution in [1.29, 1.82) is 0 Å². The zero-order valence-corrected chi connectivity index (χ0v) is 11.2. The summed E-state index contributed by atoms with van der Waals surface area (Å²) < 4.78 is 0. The van der Waals surface area contributed by atoms with Gasteiger partial charge in [-0.05, 0) is 25.0 Å². The van der Waals surface area contributed by atoms with Crippen molar-refractivity contribution in [1.82, 2.24) is 4.90 Å². The molecule has 1 aromatic carbocycles. The Morgan fingerprint density at radius 1 is 1.33 bits per heavy atom. The quantitative estimate of drug-likeness (QED) is 0.625. The Morgan fingerprint density at radius 3 is 2.57 bits per heavy atom. The first-order valence-corrected chi connectivity index (χ1v) is 6.52. The van der Waals surface area contributed by atoms with Crippen molar-refractivity contribution in [2.45, 2.75) is 12.8 Å². The number of carbonyl (C=O) groups excluding carboxylic acids is 1. The average molecular weight is 293 g/mol. The molecule has 2 N–H and O–H groups in total. The minimum Gasteiger partial charge on any atom is -0.480 e. The van der Waals surface area contributed by atoms with E-state index in [0.717, 1.165) is 12.8 Å². The number of nitrogens with zero attached hydrogens (tertiary/aromatic N) is 2. The first kappa shape index (κ1) is 14.8. The Morgan fingerprint density at radius 2 is 2.00 bits per heavy atom. The van der Waals surface area contributed by atoms with Crippen LogP contribution in [0.5, 0.6) is 0 Å². The van der Waals surface area contributed by atoms with Gasteiger partial charge in [0.2, 0.25) is 0 Å². The zero-order valence-electron chi connectivity index (χ0n) is 11.2. The van der Waals surface area contributed by atoms with Crippen molar-refractivity contribution >= 4 is 23.3 Å². The van der Waals surface area contributed by atoms with Crippen LogP contribution in [-0.4, -0.2) is 46.4 Å². The molecule has 0 saturated carbocycles. The highest BCUT2D eigenvalue weighted by Crippen LogP contribution is 2.25. The van der Waals surface area contributed by atoms with Gasteiger partial charge in [-0.15, -0.1) is 0 Å². The third-order valence-electron chi connectivity index (χ3n) is 3.26. The number of nitro benzene ring substituents is 1. The molecule has 1 aliphatic rings. The van der Waals surface area contributed by atoms with Crippen molar-refractivity contribution in [2.75, 3.05) is 25.0 Å². The van der Waals surface area contributed by atoms with Gasteiger partial charge in [0.15, 0.2) is 0 Å². The summed E-state index contributed by atoms with van der Waals surface area (Å²) in [7, 11) is 0. The molecule has 0 aromatic heterocycles. The minimum absolute atomic E-state index is 0.0164. The smallest absolute Gasteiger partial charge is 0.322 e. The van der Waals surface area contributed by atoms with Gasteiger partial charge in [-0.25, -0.2) is 0 Å². The molecule has 1 aromatic rings. The number of hydrogen-bond donors (Lipinski definition) is 2. The molecule has 8 heteroatoms. The van der Waals surface area contributed by atoms with Crippen LogP contribution in [0, 0.1) is 10.1 Å². The number of likely N-dealkylation sites (tertiary alicyclic amines) is 1. The number of carboxylic acids is 1. The molecule has 0 radical (unpaired) electrons. The second kappa shape index (κ2) is 6.21. The van der Waals surface area contributed by atoms with E-state index in [0.29, 0.717) is 18.8 Å². The topological polar surface area (TPSA) is 113 Å². The fourth-order valence-electron chi connectivity index (χ4n) is 2.24. The number of aliphatic carboxylic acids is 1. The Labute approximate surface area is 120 Å². The zero-order chi connectivity index (χ0) is 15.4. The highest BCUT2D eigenvalue weighted by atomic mass is 16.6. The molecule has 112 valence electrons. The van der Waals surface area contributed by atoms with Gasteiger partial charge >= 0.3 is 5.97 Å². The van der Waals surface area contributed by atoms with Crippen molar-refractivity contribution in [3.05, 3.63) is 33.9 Å². The van der Waals surface area contributed by atoms with Crippen LogP contribution in [-0.2, 0) is 4.79 Å². The Hall–Kier alpha value is -2.64. The number of rotatable bonds is 5. The predicted octanol–water partition coefficient (Wildman–Crippen LogP) is 1.33. The number of nitrogens with one attached hydrogen (secondary N) is 1. The van der Waals surface area contributed by atoms with E-state index in [4.69, 9.17) is 5.11 Å². The molecule has 1 amide bonds. The standard InChI is InChI=1S/C13H15N3O5/c17-12(18)8-14-9-3-4-11(16(20)21)10(7-9)13(19)15-5-1-2-6-15/h3-4,7,14H,1-2,5-6,8H2,(H,17,18). The summed E-state index contributed by atoms with van der Waals surface area (Å²) in [6.45, 7) is 0.848. The van der Waals surface area contributed by atoms with Crippen LogP contribution in [0.2, 0.25) is 0 Å².